The lowest BCUT2D eigenvalue weighted by Crippen LogP contribution is -1.97. The van der Waals surface area contributed by atoms with Crippen molar-refractivity contribution in [3.8, 4) is 45.2 Å². The molecule has 4 nitrogen and oxygen atoms in total. The highest BCUT2D eigenvalue weighted by atomic mass is 16.3. The fraction of sp³-hybridized carbons (Fsp3) is 0. The third-order valence-electron chi connectivity index (χ3n) is 10.2. The molecule has 236 valence electrons. The third-order valence-corrected chi connectivity index (χ3v) is 10.2. The van der Waals surface area contributed by atoms with Gasteiger partial charge in [0.1, 0.15) is 11.3 Å². The number of para-hydroxylation sites is 2. The molecule has 0 aliphatic rings. The minimum Gasteiger partial charge on any atom is -0.454 e. The molecule has 11 aromatic rings. The van der Waals surface area contributed by atoms with Gasteiger partial charge in [-0.25, -0.2) is 15.0 Å². The van der Waals surface area contributed by atoms with E-state index in [0.29, 0.717) is 5.82 Å². The molecule has 0 atom stereocenters. The number of fused-ring (bicyclic) bond motifs is 5. The molecule has 0 spiro atoms. The van der Waals surface area contributed by atoms with Crippen LogP contribution in [0.3, 0.4) is 0 Å². The predicted octanol–water partition coefficient (Wildman–Crippen LogP) is 12.5. The average Bonchev–Trinajstić information content (AvgIpc) is 3.60. The molecule has 0 saturated carbocycles. The van der Waals surface area contributed by atoms with Crippen LogP contribution < -0.4 is 0 Å². The molecule has 8 aromatic carbocycles. The van der Waals surface area contributed by atoms with Crippen molar-refractivity contribution in [3.05, 3.63) is 164 Å². The molecule has 0 fully saturated rings. The van der Waals surface area contributed by atoms with Crippen molar-refractivity contribution < 1.29 is 4.42 Å². The van der Waals surface area contributed by atoms with Crippen LogP contribution in [0.2, 0.25) is 0 Å². The first-order chi connectivity index (χ1) is 25.3. The third kappa shape index (κ3) is 4.30. The van der Waals surface area contributed by atoms with Crippen LogP contribution in [0.5, 0.6) is 0 Å². The van der Waals surface area contributed by atoms with Crippen LogP contribution in [-0.4, -0.2) is 15.0 Å². The molecule has 0 bridgehead atoms. The van der Waals surface area contributed by atoms with Gasteiger partial charge in [0.05, 0.1) is 16.9 Å². The van der Waals surface area contributed by atoms with E-state index in [2.05, 4.69) is 140 Å². The zero-order valence-electron chi connectivity index (χ0n) is 27.3. The topological polar surface area (TPSA) is 51.8 Å². The molecule has 0 aliphatic carbocycles. The first kappa shape index (κ1) is 28.0. The van der Waals surface area contributed by atoms with Crippen molar-refractivity contribution in [1.82, 2.24) is 15.0 Å². The summed E-state index contributed by atoms with van der Waals surface area (Å²) < 4.78 is 6.48. The Kier molecular flexibility index (Phi) is 5.92. The molecule has 0 aliphatic heterocycles. The van der Waals surface area contributed by atoms with Crippen molar-refractivity contribution in [2.45, 2.75) is 0 Å². The van der Waals surface area contributed by atoms with Gasteiger partial charge in [0.25, 0.3) is 0 Å². The Morgan fingerprint density at radius 2 is 1.02 bits per heavy atom. The first-order valence-corrected chi connectivity index (χ1v) is 17.2. The van der Waals surface area contributed by atoms with Gasteiger partial charge < -0.3 is 4.42 Å². The summed E-state index contributed by atoms with van der Waals surface area (Å²) in [5, 5.41) is 10.7. The van der Waals surface area contributed by atoms with E-state index in [1.807, 2.05) is 24.3 Å². The molecule has 0 radical (unpaired) electrons. The Labute approximate surface area is 292 Å². The summed E-state index contributed by atoms with van der Waals surface area (Å²) in [6.07, 6.45) is 0. The molecule has 3 heterocycles. The van der Waals surface area contributed by atoms with Crippen LogP contribution in [0, 0.1) is 0 Å². The van der Waals surface area contributed by atoms with Crippen molar-refractivity contribution in [2.75, 3.05) is 0 Å². The highest BCUT2D eigenvalue weighted by molar-refractivity contribution is 6.25. The molecule has 0 saturated heterocycles. The normalized spacial score (nSPS) is 11.9. The second-order valence-electron chi connectivity index (χ2n) is 13.2. The molecule has 0 N–H and O–H groups in total. The lowest BCUT2D eigenvalue weighted by atomic mass is 9.91. The number of hydrogen-bond acceptors (Lipinski definition) is 4. The number of furan rings is 1. The Morgan fingerprint density at radius 1 is 0.392 bits per heavy atom. The standard InChI is InChI=1S/C47H27N3O/c1-2-9-28(10-3-1)39-27-40(50-47(49-39)35-26-24-32-20-19-30-11-8-12-31-23-25-34(35)43(32)42(30)31)29-17-21-33(22-18-29)45-46-44(36-13-4-6-15-38(36)48-45)37-14-5-7-16-41(37)51-46/h1-27H. The summed E-state index contributed by atoms with van der Waals surface area (Å²) in [5.41, 5.74) is 9.21. The Bertz CT molecular complexity index is 3110. The van der Waals surface area contributed by atoms with Crippen LogP contribution >= 0.6 is 0 Å². The van der Waals surface area contributed by atoms with Crippen LogP contribution in [0.4, 0.5) is 0 Å². The lowest BCUT2D eigenvalue weighted by molar-refractivity contribution is 0.669. The number of nitrogens with zero attached hydrogens (tertiary/aromatic N) is 3. The van der Waals surface area contributed by atoms with Gasteiger partial charge in [-0.1, -0.05) is 140 Å². The molecule has 0 amide bonds. The highest BCUT2D eigenvalue weighted by Gasteiger charge is 2.19. The zero-order chi connectivity index (χ0) is 33.5. The van der Waals surface area contributed by atoms with E-state index in [1.165, 1.54) is 26.9 Å². The summed E-state index contributed by atoms with van der Waals surface area (Å²) >= 11 is 0. The summed E-state index contributed by atoms with van der Waals surface area (Å²) in [4.78, 5) is 15.6. The Balaban J connectivity index is 1.09. The highest BCUT2D eigenvalue weighted by Crippen LogP contribution is 2.41. The van der Waals surface area contributed by atoms with Gasteiger partial charge in [-0.15, -0.1) is 0 Å². The van der Waals surface area contributed by atoms with Crippen molar-refractivity contribution in [3.63, 3.8) is 0 Å². The maximum absolute atomic E-state index is 6.48. The zero-order valence-corrected chi connectivity index (χ0v) is 27.3. The average molecular weight is 650 g/mol. The predicted molar refractivity (Wildman–Crippen MR) is 210 cm³/mol. The van der Waals surface area contributed by atoms with E-state index in [0.717, 1.165) is 77.6 Å². The van der Waals surface area contributed by atoms with E-state index < -0.39 is 0 Å². The van der Waals surface area contributed by atoms with Crippen LogP contribution in [0.15, 0.2) is 168 Å². The van der Waals surface area contributed by atoms with E-state index >= 15 is 0 Å². The van der Waals surface area contributed by atoms with E-state index in [-0.39, 0.29) is 0 Å². The van der Waals surface area contributed by atoms with Crippen molar-refractivity contribution in [1.29, 1.82) is 0 Å². The summed E-state index contributed by atoms with van der Waals surface area (Å²) in [5.74, 6) is 0.702. The summed E-state index contributed by atoms with van der Waals surface area (Å²) in [6, 6.07) is 57.2. The van der Waals surface area contributed by atoms with Crippen LogP contribution in [0.1, 0.15) is 0 Å². The molecule has 4 heteroatoms. The van der Waals surface area contributed by atoms with Gasteiger partial charge >= 0.3 is 0 Å². The van der Waals surface area contributed by atoms with Crippen molar-refractivity contribution in [2.24, 2.45) is 0 Å². The maximum Gasteiger partial charge on any atom is 0.162 e. The van der Waals surface area contributed by atoms with Gasteiger partial charge in [-0.05, 0) is 56.6 Å². The number of pyridine rings is 1. The van der Waals surface area contributed by atoms with Gasteiger partial charge in [0.2, 0.25) is 0 Å². The maximum atomic E-state index is 6.48. The Morgan fingerprint density at radius 3 is 1.82 bits per heavy atom. The molecule has 11 rings (SSSR count). The molecular formula is C47H27N3O. The van der Waals surface area contributed by atoms with Gasteiger partial charge in [-0.3, -0.25) is 0 Å². The largest absolute Gasteiger partial charge is 0.454 e. The number of benzene rings is 8. The second-order valence-corrected chi connectivity index (χ2v) is 13.2. The SMILES string of the molecule is c1ccc(-c2cc(-c3ccc(-c4nc5ccccc5c5c4oc4ccccc45)cc3)nc(-c3ccc4ccc5cccc6ccc3c4c56)n2)cc1. The molecule has 0 unspecified atom stereocenters. The molecular weight excluding hydrogens is 623 g/mol. The smallest absolute Gasteiger partial charge is 0.162 e. The fourth-order valence-corrected chi connectivity index (χ4v) is 7.83. The van der Waals surface area contributed by atoms with Gasteiger partial charge in [0, 0.05) is 38.4 Å². The number of aromatic nitrogens is 3. The summed E-state index contributed by atoms with van der Waals surface area (Å²) in [7, 11) is 0. The number of rotatable bonds is 4. The van der Waals surface area contributed by atoms with E-state index in [4.69, 9.17) is 19.4 Å². The molecule has 3 aromatic heterocycles. The summed E-state index contributed by atoms with van der Waals surface area (Å²) in [6.45, 7) is 0. The minimum absolute atomic E-state index is 0.702. The second kappa shape index (κ2) is 10.8. The van der Waals surface area contributed by atoms with Crippen LogP contribution in [0.25, 0.3) is 110 Å². The monoisotopic (exact) mass is 649 g/mol. The number of hydrogen-bond donors (Lipinski definition) is 0. The fourth-order valence-electron chi connectivity index (χ4n) is 7.83. The van der Waals surface area contributed by atoms with Gasteiger partial charge in [0.15, 0.2) is 11.4 Å². The lowest BCUT2D eigenvalue weighted by Gasteiger charge is -2.15. The Hall–Kier alpha value is -6.91. The van der Waals surface area contributed by atoms with Crippen molar-refractivity contribution >= 4 is 65.2 Å². The first-order valence-electron chi connectivity index (χ1n) is 17.2. The van der Waals surface area contributed by atoms with E-state index in [1.54, 1.807) is 0 Å². The van der Waals surface area contributed by atoms with E-state index in [9.17, 15) is 0 Å². The van der Waals surface area contributed by atoms with Crippen LogP contribution in [-0.2, 0) is 0 Å². The molecule has 51 heavy (non-hydrogen) atoms. The quantitative estimate of drug-likeness (QED) is 0.178. The minimum atomic E-state index is 0.702. The van der Waals surface area contributed by atoms with Gasteiger partial charge in [-0.2, -0.15) is 0 Å².